The van der Waals surface area contributed by atoms with Crippen LogP contribution in [-0.2, 0) is 11.3 Å². The van der Waals surface area contributed by atoms with Gasteiger partial charge in [0.05, 0.1) is 10.2 Å². The Morgan fingerprint density at radius 3 is 2.66 bits per heavy atom. The van der Waals surface area contributed by atoms with Crippen LogP contribution in [0.3, 0.4) is 0 Å². The molecule has 3 rings (SSSR count). The van der Waals surface area contributed by atoms with Crippen molar-refractivity contribution in [2.75, 3.05) is 5.32 Å². The number of halogens is 1. The minimum absolute atomic E-state index is 0.150. The number of amides is 1. The van der Waals surface area contributed by atoms with Crippen LogP contribution in [0.4, 0.5) is 15.8 Å². The molecule has 0 bridgehead atoms. The van der Waals surface area contributed by atoms with Gasteiger partial charge in [-0.15, -0.1) is 10.2 Å². The molecular weight excluding hydrogens is 397 g/mol. The van der Waals surface area contributed by atoms with Gasteiger partial charge in [0.1, 0.15) is 0 Å². The Labute approximate surface area is 170 Å². The highest BCUT2D eigenvalue weighted by Crippen LogP contribution is 2.28. The lowest BCUT2D eigenvalue weighted by atomic mass is 10.2. The maximum Gasteiger partial charge on any atom is 0.306 e. The first-order valence-corrected chi connectivity index (χ1v) is 9.68. The zero-order chi connectivity index (χ0) is 21.0. The maximum atomic E-state index is 13.5. The average Bonchev–Trinajstić information content (AvgIpc) is 3.12. The molecule has 0 spiro atoms. The smallest absolute Gasteiger partial charge is 0.306 e. The summed E-state index contributed by atoms with van der Waals surface area (Å²) in [6.45, 7) is 4.27. The fraction of sp³-hybridized carbons (Fsp3) is 0.211. The van der Waals surface area contributed by atoms with E-state index in [-0.39, 0.29) is 11.6 Å². The number of nitro groups is 1. The average molecular weight is 415 g/mol. The van der Waals surface area contributed by atoms with Crippen LogP contribution in [0, 0.1) is 15.9 Å². The summed E-state index contributed by atoms with van der Waals surface area (Å²) in [5.74, 6) is -0.639. The molecule has 150 valence electrons. The summed E-state index contributed by atoms with van der Waals surface area (Å²) < 4.78 is 15.4. The third-order valence-corrected chi connectivity index (χ3v) is 5.21. The lowest BCUT2D eigenvalue weighted by Gasteiger charge is -2.13. The van der Waals surface area contributed by atoms with Crippen molar-refractivity contribution < 1.29 is 14.1 Å². The van der Waals surface area contributed by atoms with Crippen LogP contribution in [0.5, 0.6) is 0 Å². The highest BCUT2D eigenvalue weighted by atomic mass is 32.2. The number of nitro benzene ring substituents is 1. The van der Waals surface area contributed by atoms with Crippen LogP contribution in [0.2, 0.25) is 0 Å². The number of anilines is 1. The number of aromatic nitrogens is 3. The minimum atomic E-state index is -0.958. The Morgan fingerprint density at radius 1 is 1.28 bits per heavy atom. The molecule has 0 unspecified atom stereocenters. The van der Waals surface area contributed by atoms with Gasteiger partial charge in [0.15, 0.2) is 11.0 Å². The number of nitrogens with one attached hydrogen (secondary N) is 1. The number of carbonyl (C=O) groups is 1. The van der Waals surface area contributed by atoms with Crippen molar-refractivity contribution in [1.29, 1.82) is 0 Å². The van der Waals surface area contributed by atoms with E-state index in [9.17, 15) is 19.3 Å². The zero-order valence-corrected chi connectivity index (χ0v) is 16.5. The van der Waals surface area contributed by atoms with E-state index in [0.717, 1.165) is 17.7 Å². The first kappa shape index (κ1) is 20.5. The predicted molar refractivity (Wildman–Crippen MR) is 108 cm³/mol. The van der Waals surface area contributed by atoms with Gasteiger partial charge >= 0.3 is 5.69 Å². The van der Waals surface area contributed by atoms with Gasteiger partial charge in [-0.25, -0.2) is 0 Å². The molecule has 0 aliphatic carbocycles. The van der Waals surface area contributed by atoms with Gasteiger partial charge in [-0.05, 0) is 26.0 Å². The van der Waals surface area contributed by atoms with E-state index in [1.807, 2.05) is 41.8 Å². The third-order valence-electron chi connectivity index (χ3n) is 4.13. The minimum Gasteiger partial charge on any atom is -0.325 e. The highest BCUT2D eigenvalue weighted by molar-refractivity contribution is 8.00. The molecule has 8 nitrogen and oxygen atoms in total. The summed E-state index contributed by atoms with van der Waals surface area (Å²) in [6.07, 6.45) is 0. The molecule has 2 aromatic carbocycles. The van der Waals surface area contributed by atoms with Crippen molar-refractivity contribution in [3.63, 3.8) is 0 Å². The Bertz CT molecular complexity index is 1040. The summed E-state index contributed by atoms with van der Waals surface area (Å²) in [4.78, 5) is 22.5. The van der Waals surface area contributed by atoms with Gasteiger partial charge in [-0.2, -0.15) is 4.39 Å². The Balaban J connectivity index is 1.74. The topological polar surface area (TPSA) is 103 Å². The van der Waals surface area contributed by atoms with Crippen molar-refractivity contribution >= 4 is 29.0 Å². The fourth-order valence-corrected chi connectivity index (χ4v) is 3.56. The molecule has 1 aromatic heterocycles. The summed E-state index contributed by atoms with van der Waals surface area (Å²) in [5.41, 5.74) is 0.378. The number of hydrogen-bond acceptors (Lipinski definition) is 6. The van der Waals surface area contributed by atoms with E-state index in [2.05, 4.69) is 15.5 Å². The van der Waals surface area contributed by atoms with E-state index < -0.39 is 21.7 Å². The van der Waals surface area contributed by atoms with E-state index in [1.165, 1.54) is 17.8 Å². The molecule has 0 aliphatic rings. The Kier molecular flexibility index (Phi) is 6.23. The lowest BCUT2D eigenvalue weighted by Crippen LogP contribution is -2.23. The molecule has 0 radical (unpaired) electrons. The van der Waals surface area contributed by atoms with Crippen LogP contribution in [-0.4, -0.2) is 30.8 Å². The molecule has 1 amide bonds. The summed E-state index contributed by atoms with van der Waals surface area (Å²) in [5, 5.41) is 21.9. The highest BCUT2D eigenvalue weighted by Gasteiger charge is 2.22. The molecule has 0 saturated carbocycles. The van der Waals surface area contributed by atoms with Crippen molar-refractivity contribution in [2.45, 2.75) is 30.8 Å². The van der Waals surface area contributed by atoms with Gasteiger partial charge in [-0.1, -0.05) is 42.1 Å². The second-order valence-electron chi connectivity index (χ2n) is 6.09. The SMILES string of the molecule is CCn1c(S[C@H](C)C(=O)Nc2ccc(F)c([N+](=O)[O-])c2)nnc1-c1ccccc1. The molecule has 0 fully saturated rings. The summed E-state index contributed by atoms with van der Waals surface area (Å²) in [6, 6.07) is 12.8. The quantitative estimate of drug-likeness (QED) is 0.354. The van der Waals surface area contributed by atoms with Crippen LogP contribution in [0.15, 0.2) is 53.7 Å². The number of rotatable bonds is 7. The predicted octanol–water partition coefficient (Wildman–Crippen LogP) is 4.13. The summed E-state index contributed by atoms with van der Waals surface area (Å²) >= 11 is 1.22. The van der Waals surface area contributed by atoms with Crippen LogP contribution < -0.4 is 5.32 Å². The van der Waals surface area contributed by atoms with Crippen molar-refractivity contribution in [3.05, 3.63) is 64.5 Å². The molecule has 10 heteroatoms. The van der Waals surface area contributed by atoms with Gasteiger partial charge in [0.2, 0.25) is 11.7 Å². The van der Waals surface area contributed by atoms with Crippen LogP contribution >= 0.6 is 11.8 Å². The second kappa shape index (κ2) is 8.82. The normalized spacial score (nSPS) is 11.8. The van der Waals surface area contributed by atoms with Crippen LogP contribution in [0.1, 0.15) is 13.8 Å². The Hall–Kier alpha value is -3.27. The lowest BCUT2D eigenvalue weighted by molar-refractivity contribution is -0.387. The number of benzene rings is 2. The molecular formula is C19H18FN5O3S. The molecule has 1 heterocycles. The van der Waals surface area contributed by atoms with Crippen LogP contribution in [0.25, 0.3) is 11.4 Å². The van der Waals surface area contributed by atoms with Crippen molar-refractivity contribution in [3.8, 4) is 11.4 Å². The number of nitrogens with zero attached hydrogens (tertiary/aromatic N) is 4. The van der Waals surface area contributed by atoms with Gasteiger partial charge in [0.25, 0.3) is 0 Å². The van der Waals surface area contributed by atoms with Gasteiger partial charge < -0.3 is 9.88 Å². The van der Waals surface area contributed by atoms with E-state index in [1.54, 1.807) is 6.92 Å². The standard InChI is InChI=1S/C19H18FN5O3S/c1-3-24-17(13-7-5-4-6-8-13)22-23-19(24)29-12(2)18(26)21-14-9-10-15(20)16(11-14)25(27)28/h4-12H,3H2,1-2H3,(H,21,26)/t12-/m1/s1. The monoisotopic (exact) mass is 415 g/mol. The molecule has 29 heavy (non-hydrogen) atoms. The third kappa shape index (κ3) is 4.60. The Morgan fingerprint density at radius 2 is 2.00 bits per heavy atom. The maximum absolute atomic E-state index is 13.5. The first-order valence-electron chi connectivity index (χ1n) is 8.80. The van der Waals surface area contributed by atoms with Crippen molar-refractivity contribution in [2.24, 2.45) is 0 Å². The molecule has 1 N–H and O–H groups in total. The van der Waals surface area contributed by atoms with Gasteiger partial charge in [-0.3, -0.25) is 14.9 Å². The van der Waals surface area contributed by atoms with Crippen molar-refractivity contribution in [1.82, 2.24) is 14.8 Å². The summed E-state index contributed by atoms with van der Waals surface area (Å²) in [7, 11) is 0. The molecule has 0 saturated heterocycles. The number of carbonyl (C=O) groups excluding carboxylic acids is 1. The first-order chi connectivity index (χ1) is 13.9. The van der Waals surface area contributed by atoms with E-state index >= 15 is 0 Å². The number of thioether (sulfide) groups is 1. The van der Waals surface area contributed by atoms with E-state index in [4.69, 9.17) is 0 Å². The fourth-order valence-electron chi connectivity index (χ4n) is 2.65. The largest absolute Gasteiger partial charge is 0.325 e. The second-order valence-corrected chi connectivity index (χ2v) is 7.40. The molecule has 0 aliphatic heterocycles. The number of hydrogen-bond donors (Lipinski definition) is 1. The molecule has 1 atom stereocenters. The zero-order valence-electron chi connectivity index (χ0n) is 15.7. The molecule has 3 aromatic rings. The van der Waals surface area contributed by atoms with E-state index in [0.29, 0.717) is 17.5 Å². The van der Waals surface area contributed by atoms with Gasteiger partial charge in [0, 0.05) is 23.9 Å².